The van der Waals surface area contributed by atoms with Crippen LogP contribution in [0.3, 0.4) is 0 Å². The van der Waals surface area contributed by atoms with Crippen LogP contribution in [0.15, 0.2) is 77.7 Å². The summed E-state index contributed by atoms with van der Waals surface area (Å²) in [5, 5.41) is 3.68. The number of nitrogens with one attached hydrogen (secondary N) is 1. The maximum Gasteiger partial charge on any atom is 0.264 e. The predicted molar refractivity (Wildman–Crippen MR) is 157 cm³/mol. The number of carbonyl (C=O) groups excluding carboxylic acids is 2. The van der Waals surface area contributed by atoms with E-state index in [0.29, 0.717) is 17.0 Å². The number of carbonyl (C=O) groups is 2. The normalized spacial score (nSPS) is 12.2. The van der Waals surface area contributed by atoms with Crippen molar-refractivity contribution in [3.8, 4) is 0 Å². The van der Waals surface area contributed by atoms with Crippen molar-refractivity contribution in [2.75, 3.05) is 10.8 Å². The van der Waals surface area contributed by atoms with Crippen LogP contribution in [-0.4, -0.2) is 43.8 Å². The second-order valence-electron chi connectivity index (χ2n) is 9.15. The van der Waals surface area contributed by atoms with Crippen LogP contribution in [0.4, 0.5) is 5.69 Å². The van der Waals surface area contributed by atoms with E-state index >= 15 is 0 Å². The first-order chi connectivity index (χ1) is 18.4. The molecule has 0 heterocycles. The predicted octanol–water partition coefficient (Wildman–Crippen LogP) is 6.17. The molecule has 0 unspecified atom stereocenters. The van der Waals surface area contributed by atoms with E-state index in [4.69, 9.17) is 34.8 Å². The highest BCUT2D eigenvalue weighted by atomic mass is 35.5. The van der Waals surface area contributed by atoms with Crippen LogP contribution in [0.1, 0.15) is 32.8 Å². The summed E-state index contributed by atoms with van der Waals surface area (Å²) in [7, 11) is -4.23. The van der Waals surface area contributed by atoms with Crippen LogP contribution in [0.5, 0.6) is 0 Å². The zero-order chi connectivity index (χ0) is 28.7. The van der Waals surface area contributed by atoms with E-state index in [0.717, 1.165) is 4.31 Å². The van der Waals surface area contributed by atoms with Gasteiger partial charge in [0.2, 0.25) is 11.8 Å². The Bertz CT molecular complexity index is 1400. The quantitative estimate of drug-likeness (QED) is 0.281. The van der Waals surface area contributed by atoms with Crippen molar-refractivity contribution in [1.82, 2.24) is 10.2 Å². The molecule has 0 bridgehead atoms. The summed E-state index contributed by atoms with van der Waals surface area (Å²) < 4.78 is 28.6. The number of amides is 2. The summed E-state index contributed by atoms with van der Waals surface area (Å²) in [6.45, 7) is 4.82. The number of hydrogen-bond donors (Lipinski definition) is 1. The minimum absolute atomic E-state index is 0.00193. The largest absolute Gasteiger partial charge is 0.352 e. The minimum atomic E-state index is -4.23. The topological polar surface area (TPSA) is 86.8 Å². The van der Waals surface area contributed by atoms with Gasteiger partial charge in [-0.15, -0.1) is 0 Å². The number of benzene rings is 3. The van der Waals surface area contributed by atoms with E-state index in [-0.39, 0.29) is 39.1 Å². The molecule has 0 aliphatic rings. The molecule has 3 aromatic rings. The Balaban J connectivity index is 2.10. The molecular formula is C28H30Cl3N3O4S. The fourth-order valence-electron chi connectivity index (χ4n) is 4.04. The standard InChI is InChI=1S/C28H30Cl3N3O4S/c1-4-26(28(36)32-19(2)3)33(17-20-10-8-9-13-25(20)31)27(35)18-34(23-15-21(29)14-22(30)16-23)39(37,38)24-11-6-5-7-12-24/h5-16,19,26H,4,17-18H2,1-3H3,(H,32,36)/t26-/m1/s1. The first kappa shape index (κ1) is 30.8. The van der Waals surface area contributed by atoms with E-state index in [2.05, 4.69) is 5.32 Å². The highest BCUT2D eigenvalue weighted by molar-refractivity contribution is 7.92. The molecule has 1 N–H and O–H groups in total. The van der Waals surface area contributed by atoms with Crippen LogP contribution in [0.2, 0.25) is 15.1 Å². The maximum absolute atomic E-state index is 14.0. The molecule has 208 valence electrons. The van der Waals surface area contributed by atoms with E-state index in [9.17, 15) is 18.0 Å². The molecule has 7 nitrogen and oxygen atoms in total. The van der Waals surface area contributed by atoms with Crippen molar-refractivity contribution in [1.29, 1.82) is 0 Å². The van der Waals surface area contributed by atoms with Crippen molar-refractivity contribution in [2.24, 2.45) is 0 Å². The third kappa shape index (κ3) is 7.88. The van der Waals surface area contributed by atoms with Crippen molar-refractivity contribution in [3.05, 3.63) is 93.4 Å². The number of rotatable bonds is 11. The molecule has 0 fully saturated rings. The van der Waals surface area contributed by atoms with Crippen LogP contribution in [-0.2, 0) is 26.2 Å². The molecule has 3 rings (SSSR count). The Morgan fingerprint density at radius 2 is 1.49 bits per heavy atom. The lowest BCUT2D eigenvalue weighted by Gasteiger charge is -2.33. The zero-order valence-electron chi connectivity index (χ0n) is 21.8. The summed E-state index contributed by atoms with van der Waals surface area (Å²) in [6, 6.07) is 18.0. The van der Waals surface area contributed by atoms with Gasteiger partial charge in [-0.25, -0.2) is 8.42 Å². The Hall–Kier alpha value is -2.78. The molecule has 0 radical (unpaired) electrons. The van der Waals surface area contributed by atoms with Gasteiger partial charge >= 0.3 is 0 Å². The molecule has 0 saturated carbocycles. The van der Waals surface area contributed by atoms with E-state index in [1.807, 2.05) is 13.8 Å². The molecule has 0 saturated heterocycles. The highest BCUT2D eigenvalue weighted by Crippen LogP contribution is 2.30. The third-order valence-corrected chi connectivity index (χ3v) is 8.45. The van der Waals surface area contributed by atoms with Crippen molar-refractivity contribution in [2.45, 2.75) is 50.7 Å². The Morgan fingerprint density at radius 3 is 2.05 bits per heavy atom. The van der Waals surface area contributed by atoms with Crippen LogP contribution in [0.25, 0.3) is 0 Å². The van der Waals surface area contributed by atoms with Gasteiger partial charge in [0.15, 0.2) is 0 Å². The SMILES string of the molecule is CC[C@H](C(=O)NC(C)C)N(Cc1ccccc1Cl)C(=O)CN(c1cc(Cl)cc(Cl)c1)S(=O)(=O)c1ccccc1. The fraction of sp³-hybridized carbons (Fsp3) is 0.286. The number of hydrogen-bond acceptors (Lipinski definition) is 4. The lowest BCUT2D eigenvalue weighted by atomic mass is 10.1. The Morgan fingerprint density at radius 1 is 0.897 bits per heavy atom. The molecule has 0 spiro atoms. The second-order valence-corrected chi connectivity index (χ2v) is 12.3. The van der Waals surface area contributed by atoms with Crippen LogP contribution < -0.4 is 9.62 Å². The first-order valence-electron chi connectivity index (χ1n) is 12.3. The van der Waals surface area contributed by atoms with Crippen molar-refractivity contribution < 1.29 is 18.0 Å². The van der Waals surface area contributed by atoms with Gasteiger partial charge in [-0.3, -0.25) is 13.9 Å². The molecule has 2 amide bonds. The van der Waals surface area contributed by atoms with Gasteiger partial charge in [-0.2, -0.15) is 0 Å². The van der Waals surface area contributed by atoms with E-state index in [1.54, 1.807) is 49.4 Å². The average Bonchev–Trinajstić information content (AvgIpc) is 2.87. The molecule has 3 aromatic carbocycles. The fourth-order valence-corrected chi connectivity index (χ4v) is 6.17. The summed E-state index contributed by atoms with van der Waals surface area (Å²) in [6.07, 6.45) is 0.295. The number of anilines is 1. The van der Waals surface area contributed by atoms with Gasteiger partial charge in [0.1, 0.15) is 12.6 Å². The van der Waals surface area contributed by atoms with Crippen LogP contribution >= 0.6 is 34.8 Å². The lowest BCUT2D eigenvalue weighted by Crippen LogP contribution is -2.53. The lowest BCUT2D eigenvalue weighted by molar-refractivity contribution is -0.140. The molecule has 39 heavy (non-hydrogen) atoms. The molecule has 0 aromatic heterocycles. The van der Waals surface area contributed by atoms with Crippen molar-refractivity contribution in [3.63, 3.8) is 0 Å². The maximum atomic E-state index is 14.0. The Kier molecular flexibility index (Phi) is 10.7. The zero-order valence-corrected chi connectivity index (χ0v) is 24.9. The molecular weight excluding hydrogens is 581 g/mol. The molecule has 11 heteroatoms. The Labute approximate surface area is 244 Å². The summed E-state index contributed by atoms with van der Waals surface area (Å²) in [5.41, 5.74) is 0.730. The summed E-state index contributed by atoms with van der Waals surface area (Å²) in [4.78, 5) is 28.5. The smallest absolute Gasteiger partial charge is 0.264 e. The van der Waals surface area contributed by atoms with Crippen LogP contribution in [0, 0.1) is 0 Å². The second kappa shape index (κ2) is 13.5. The van der Waals surface area contributed by atoms with Gasteiger partial charge in [-0.05, 0) is 62.2 Å². The van der Waals surface area contributed by atoms with E-state index in [1.165, 1.54) is 35.2 Å². The van der Waals surface area contributed by atoms with Gasteiger partial charge in [0.05, 0.1) is 10.6 Å². The molecule has 0 aliphatic heterocycles. The first-order valence-corrected chi connectivity index (χ1v) is 14.9. The van der Waals surface area contributed by atoms with E-state index < -0.39 is 28.5 Å². The minimum Gasteiger partial charge on any atom is -0.352 e. The molecule has 0 aliphatic carbocycles. The molecule has 1 atom stereocenters. The number of halogens is 3. The summed E-state index contributed by atoms with van der Waals surface area (Å²) in [5.74, 6) is -0.951. The van der Waals surface area contributed by atoms with Gasteiger partial charge < -0.3 is 10.2 Å². The highest BCUT2D eigenvalue weighted by Gasteiger charge is 2.34. The summed E-state index contributed by atoms with van der Waals surface area (Å²) >= 11 is 18.8. The van der Waals surface area contributed by atoms with Crippen molar-refractivity contribution >= 4 is 62.3 Å². The van der Waals surface area contributed by atoms with Gasteiger partial charge in [-0.1, -0.05) is 78.1 Å². The average molecular weight is 611 g/mol. The third-order valence-electron chi connectivity index (χ3n) is 5.86. The van der Waals surface area contributed by atoms with Gasteiger partial charge in [0, 0.05) is 27.7 Å². The number of sulfonamides is 1. The number of nitrogens with zero attached hydrogens (tertiary/aromatic N) is 2. The monoisotopic (exact) mass is 609 g/mol. The van der Waals surface area contributed by atoms with Gasteiger partial charge in [0.25, 0.3) is 10.0 Å².